The highest BCUT2D eigenvalue weighted by Gasteiger charge is 2.34. The van der Waals surface area contributed by atoms with Gasteiger partial charge in [-0.3, -0.25) is 0 Å². The van der Waals surface area contributed by atoms with Crippen molar-refractivity contribution >= 4 is 0 Å². The molecular weight excluding hydrogens is 258 g/mol. The summed E-state index contributed by atoms with van der Waals surface area (Å²) in [5.74, 6) is 1.72. The van der Waals surface area contributed by atoms with E-state index >= 15 is 0 Å². The van der Waals surface area contributed by atoms with Gasteiger partial charge in [0.1, 0.15) is 5.75 Å². The summed E-state index contributed by atoms with van der Waals surface area (Å²) in [4.78, 5) is 0. The first kappa shape index (κ1) is 16.4. The first-order chi connectivity index (χ1) is 10.0. The molecule has 2 nitrogen and oxygen atoms in total. The lowest BCUT2D eigenvalue weighted by molar-refractivity contribution is 0.217. The lowest BCUT2D eigenvalue weighted by atomic mass is 9.78. The Labute approximate surface area is 130 Å². The maximum atomic E-state index is 5.23. The van der Waals surface area contributed by atoms with Gasteiger partial charge in [0.15, 0.2) is 0 Å². The molecule has 1 aliphatic carbocycles. The minimum Gasteiger partial charge on any atom is -0.497 e. The molecule has 1 aromatic rings. The maximum Gasteiger partial charge on any atom is 0.118 e. The summed E-state index contributed by atoms with van der Waals surface area (Å²) < 4.78 is 5.23. The second-order valence-corrected chi connectivity index (χ2v) is 7.18. The van der Waals surface area contributed by atoms with Crippen LogP contribution in [0.15, 0.2) is 24.3 Å². The van der Waals surface area contributed by atoms with Crippen LogP contribution in [0.1, 0.15) is 64.5 Å². The van der Waals surface area contributed by atoms with Gasteiger partial charge < -0.3 is 10.1 Å². The second-order valence-electron chi connectivity index (χ2n) is 7.18. The number of benzene rings is 1. The third-order valence-corrected chi connectivity index (χ3v) is 4.90. The van der Waals surface area contributed by atoms with Crippen LogP contribution in [-0.2, 0) is 0 Å². The molecule has 1 atom stereocenters. The number of hydrogen-bond donors (Lipinski definition) is 1. The van der Waals surface area contributed by atoms with Gasteiger partial charge in [-0.05, 0) is 55.2 Å². The molecule has 0 bridgehead atoms. The molecule has 1 aliphatic rings. The van der Waals surface area contributed by atoms with Crippen LogP contribution in [0.3, 0.4) is 0 Å². The van der Waals surface area contributed by atoms with Gasteiger partial charge in [-0.1, -0.05) is 38.8 Å². The molecule has 0 radical (unpaired) electrons. The van der Waals surface area contributed by atoms with E-state index in [9.17, 15) is 0 Å². The summed E-state index contributed by atoms with van der Waals surface area (Å²) in [6.07, 6.45) is 6.97. The summed E-state index contributed by atoms with van der Waals surface area (Å²) in [6.45, 7) is 8.12. The van der Waals surface area contributed by atoms with Gasteiger partial charge in [0.05, 0.1) is 7.11 Å². The Balaban J connectivity index is 1.93. The van der Waals surface area contributed by atoms with Gasteiger partial charge in [-0.15, -0.1) is 0 Å². The molecule has 21 heavy (non-hydrogen) atoms. The Kier molecular flexibility index (Phi) is 5.69. The number of nitrogens with one attached hydrogen (secondary N) is 1. The van der Waals surface area contributed by atoms with Crippen molar-refractivity contribution in [2.24, 2.45) is 11.3 Å². The first-order valence-electron chi connectivity index (χ1n) is 8.42. The van der Waals surface area contributed by atoms with E-state index in [0.717, 1.165) is 18.2 Å². The lowest BCUT2D eigenvalue weighted by Gasteiger charge is -2.33. The number of rotatable bonds is 7. The van der Waals surface area contributed by atoms with E-state index in [4.69, 9.17) is 4.74 Å². The van der Waals surface area contributed by atoms with Crippen LogP contribution >= 0.6 is 0 Å². The van der Waals surface area contributed by atoms with E-state index in [1.165, 1.54) is 37.7 Å². The number of methoxy groups -OCH3 is 1. The second kappa shape index (κ2) is 7.31. The Hall–Kier alpha value is -1.02. The predicted octanol–water partition coefficient (Wildman–Crippen LogP) is 4.95. The molecule has 0 spiro atoms. The van der Waals surface area contributed by atoms with Gasteiger partial charge in [-0.2, -0.15) is 0 Å². The molecule has 2 rings (SSSR count). The summed E-state index contributed by atoms with van der Waals surface area (Å²) >= 11 is 0. The zero-order chi connectivity index (χ0) is 15.3. The molecule has 0 amide bonds. The van der Waals surface area contributed by atoms with Crippen molar-refractivity contribution in [3.05, 3.63) is 29.8 Å². The highest BCUT2D eigenvalue weighted by Crippen LogP contribution is 2.43. The molecule has 2 heteroatoms. The minimum atomic E-state index is 0.403. The average molecular weight is 289 g/mol. The van der Waals surface area contributed by atoms with E-state index in [1.807, 2.05) is 12.1 Å². The van der Waals surface area contributed by atoms with Crippen molar-refractivity contribution in [2.45, 2.75) is 58.9 Å². The standard InChI is InChI=1S/C19H31NO/c1-15(2)13-19(11-5-6-12-19)14-20-16(3)17-7-9-18(21-4)10-8-17/h7-10,15-16,20H,5-6,11-14H2,1-4H3. The average Bonchev–Trinajstić information content (AvgIpc) is 2.93. The third-order valence-electron chi connectivity index (χ3n) is 4.90. The Morgan fingerprint density at radius 3 is 2.24 bits per heavy atom. The van der Waals surface area contributed by atoms with E-state index < -0.39 is 0 Å². The molecule has 0 aliphatic heterocycles. The fourth-order valence-corrected chi connectivity index (χ4v) is 3.82. The minimum absolute atomic E-state index is 0.403. The van der Waals surface area contributed by atoms with Crippen LogP contribution in [0, 0.1) is 11.3 Å². The highest BCUT2D eigenvalue weighted by molar-refractivity contribution is 5.28. The van der Waals surface area contributed by atoms with E-state index in [2.05, 4.69) is 38.2 Å². The molecule has 1 aromatic carbocycles. The Morgan fingerprint density at radius 2 is 1.71 bits per heavy atom. The van der Waals surface area contributed by atoms with Crippen LogP contribution < -0.4 is 10.1 Å². The molecule has 1 saturated carbocycles. The van der Waals surface area contributed by atoms with Gasteiger partial charge in [-0.25, -0.2) is 0 Å². The van der Waals surface area contributed by atoms with Crippen LogP contribution in [0.5, 0.6) is 5.75 Å². The lowest BCUT2D eigenvalue weighted by Crippen LogP contribution is -2.34. The summed E-state index contributed by atoms with van der Waals surface area (Å²) in [5.41, 5.74) is 1.88. The fourth-order valence-electron chi connectivity index (χ4n) is 3.82. The predicted molar refractivity (Wildman–Crippen MR) is 89.8 cm³/mol. The van der Waals surface area contributed by atoms with Crippen molar-refractivity contribution in [2.75, 3.05) is 13.7 Å². The van der Waals surface area contributed by atoms with Crippen molar-refractivity contribution in [1.29, 1.82) is 0 Å². The Bertz CT molecular complexity index is 418. The van der Waals surface area contributed by atoms with Crippen LogP contribution in [0.25, 0.3) is 0 Å². The molecule has 0 aromatic heterocycles. The van der Waals surface area contributed by atoms with Gasteiger partial charge in [0.25, 0.3) is 0 Å². The topological polar surface area (TPSA) is 21.3 Å². The largest absolute Gasteiger partial charge is 0.497 e. The highest BCUT2D eigenvalue weighted by atomic mass is 16.5. The first-order valence-corrected chi connectivity index (χ1v) is 8.42. The SMILES string of the molecule is COc1ccc(C(C)NCC2(CC(C)C)CCCC2)cc1. The third kappa shape index (κ3) is 4.47. The molecule has 0 heterocycles. The van der Waals surface area contributed by atoms with Crippen molar-refractivity contribution < 1.29 is 4.74 Å². The number of hydrogen-bond acceptors (Lipinski definition) is 2. The zero-order valence-electron chi connectivity index (χ0n) is 14.1. The summed E-state index contributed by atoms with van der Waals surface area (Å²) in [5, 5.41) is 3.78. The van der Waals surface area contributed by atoms with Gasteiger partial charge in [0.2, 0.25) is 0 Å². The fraction of sp³-hybridized carbons (Fsp3) is 0.684. The molecule has 1 N–H and O–H groups in total. The van der Waals surface area contributed by atoms with E-state index in [-0.39, 0.29) is 0 Å². The molecule has 1 fully saturated rings. The van der Waals surface area contributed by atoms with Gasteiger partial charge in [0, 0.05) is 12.6 Å². The monoisotopic (exact) mass is 289 g/mol. The Morgan fingerprint density at radius 1 is 1.10 bits per heavy atom. The maximum absolute atomic E-state index is 5.23. The summed E-state index contributed by atoms with van der Waals surface area (Å²) in [7, 11) is 1.71. The van der Waals surface area contributed by atoms with Crippen molar-refractivity contribution in [3.8, 4) is 5.75 Å². The van der Waals surface area contributed by atoms with Crippen LogP contribution in [-0.4, -0.2) is 13.7 Å². The van der Waals surface area contributed by atoms with Gasteiger partial charge >= 0.3 is 0 Å². The molecule has 118 valence electrons. The number of ether oxygens (including phenoxy) is 1. The van der Waals surface area contributed by atoms with Crippen molar-refractivity contribution in [1.82, 2.24) is 5.32 Å². The molecular formula is C19H31NO. The molecule has 1 unspecified atom stereocenters. The zero-order valence-corrected chi connectivity index (χ0v) is 14.1. The normalized spacial score (nSPS) is 18.9. The quantitative estimate of drug-likeness (QED) is 0.766. The van der Waals surface area contributed by atoms with E-state index in [0.29, 0.717) is 11.5 Å². The smallest absolute Gasteiger partial charge is 0.118 e. The van der Waals surface area contributed by atoms with Crippen LogP contribution in [0.4, 0.5) is 0 Å². The molecule has 0 saturated heterocycles. The van der Waals surface area contributed by atoms with E-state index in [1.54, 1.807) is 7.11 Å². The van der Waals surface area contributed by atoms with Crippen molar-refractivity contribution in [3.63, 3.8) is 0 Å². The summed E-state index contributed by atoms with van der Waals surface area (Å²) in [6, 6.07) is 8.83. The van der Waals surface area contributed by atoms with Crippen LogP contribution in [0.2, 0.25) is 0 Å².